The molecule has 27 heavy (non-hydrogen) atoms. The highest BCUT2D eigenvalue weighted by molar-refractivity contribution is 6.00. The van der Waals surface area contributed by atoms with E-state index < -0.39 is 5.60 Å². The van der Waals surface area contributed by atoms with E-state index in [0.29, 0.717) is 48.6 Å². The third-order valence-electron chi connectivity index (χ3n) is 5.39. The number of pyridine rings is 1. The Balaban J connectivity index is 1.54. The Morgan fingerprint density at radius 1 is 1.15 bits per heavy atom. The lowest BCUT2D eigenvalue weighted by atomic mass is 9.84. The van der Waals surface area contributed by atoms with Crippen molar-refractivity contribution in [2.75, 3.05) is 13.1 Å². The highest BCUT2D eigenvalue weighted by Crippen LogP contribution is 2.39. The van der Waals surface area contributed by atoms with Crippen LogP contribution in [0.15, 0.2) is 41.2 Å². The Morgan fingerprint density at radius 2 is 1.96 bits per heavy atom. The number of likely N-dealkylation sites (tertiary alicyclic amines) is 1. The molecular formula is C21H22N2O4. The number of para-hydroxylation sites is 1. The fourth-order valence-electron chi connectivity index (χ4n) is 4.06. The molecule has 1 amide bonds. The van der Waals surface area contributed by atoms with E-state index >= 15 is 0 Å². The third kappa shape index (κ3) is 3.39. The van der Waals surface area contributed by atoms with Crippen LogP contribution in [0.25, 0.3) is 0 Å². The summed E-state index contributed by atoms with van der Waals surface area (Å²) < 4.78 is 6.27. The van der Waals surface area contributed by atoms with E-state index in [9.17, 15) is 14.4 Å². The fourth-order valence-corrected chi connectivity index (χ4v) is 4.06. The van der Waals surface area contributed by atoms with Crippen molar-refractivity contribution in [1.82, 2.24) is 9.88 Å². The second kappa shape index (κ2) is 6.68. The number of rotatable bonds is 1. The number of fused-ring (bicyclic) bond motifs is 1. The highest BCUT2D eigenvalue weighted by Gasteiger charge is 2.42. The van der Waals surface area contributed by atoms with Crippen molar-refractivity contribution < 1.29 is 14.3 Å². The maximum atomic E-state index is 12.8. The molecule has 3 heterocycles. The number of nitrogens with one attached hydrogen (secondary N) is 1. The summed E-state index contributed by atoms with van der Waals surface area (Å²) in [5.74, 6) is 0.548. The number of Topliss-reactive ketones (excluding diaryl/α,β-unsaturated/α-hetero) is 1. The maximum Gasteiger partial charge on any atom is 0.270 e. The number of hydrogen-bond donors (Lipinski definition) is 1. The van der Waals surface area contributed by atoms with E-state index in [1.165, 1.54) is 12.1 Å². The molecule has 1 N–H and O–H groups in total. The van der Waals surface area contributed by atoms with Crippen molar-refractivity contribution in [3.05, 3.63) is 63.6 Å². The average Bonchev–Trinajstić information content (AvgIpc) is 2.83. The van der Waals surface area contributed by atoms with Gasteiger partial charge >= 0.3 is 0 Å². The van der Waals surface area contributed by atoms with Crippen LogP contribution < -0.4 is 10.2 Å². The van der Waals surface area contributed by atoms with Gasteiger partial charge in [-0.1, -0.05) is 12.1 Å². The van der Waals surface area contributed by atoms with E-state index in [4.69, 9.17) is 4.74 Å². The van der Waals surface area contributed by atoms with Crippen LogP contribution in [0.3, 0.4) is 0 Å². The molecule has 4 rings (SSSR count). The molecule has 2 aliphatic rings. The number of amides is 1. The smallest absolute Gasteiger partial charge is 0.270 e. The molecule has 0 saturated carbocycles. The number of nitrogens with zero attached hydrogens (tertiary/aromatic N) is 1. The van der Waals surface area contributed by atoms with Gasteiger partial charge in [0, 0.05) is 37.3 Å². The predicted octanol–water partition coefficient (Wildman–Crippen LogP) is 2.71. The molecule has 0 bridgehead atoms. The van der Waals surface area contributed by atoms with Crippen molar-refractivity contribution >= 4 is 11.7 Å². The summed E-state index contributed by atoms with van der Waals surface area (Å²) in [5.41, 5.74) is 0.869. The number of aromatic amines is 1. The Morgan fingerprint density at radius 3 is 2.78 bits per heavy atom. The molecule has 1 atom stereocenters. The lowest BCUT2D eigenvalue weighted by molar-refractivity contribution is 0.0300. The van der Waals surface area contributed by atoms with Gasteiger partial charge in [0.25, 0.3) is 5.91 Å². The molecule has 1 fully saturated rings. The van der Waals surface area contributed by atoms with Crippen molar-refractivity contribution in [1.29, 1.82) is 0 Å². The van der Waals surface area contributed by atoms with Crippen LogP contribution in [-0.4, -0.2) is 40.3 Å². The van der Waals surface area contributed by atoms with Crippen LogP contribution in [-0.2, 0) is 0 Å². The number of carbonyl (C=O) groups is 2. The molecule has 1 spiro atoms. The highest BCUT2D eigenvalue weighted by atomic mass is 16.5. The van der Waals surface area contributed by atoms with Crippen molar-refractivity contribution in [2.24, 2.45) is 0 Å². The Hall–Kier alpha value is -2.89. The number of hydrogen-bond acceptors (Lipinski definition) is 4. The normalized spacial score (nSPS) is 22.1. The van der Waals surface area contributed by atoms with Crippen LogP contribution in [0.5, 0.6) is 5.75 Å². The van der Waals surface area contributed by atoms with Crippen LogP contribution in [0.1, 0.15) is 52.2 Å². The minimum Gasteiger partial charge on any atom is -0.486 e. The van der Waals surface area contributed by atoms with Crippen LogP contribution in [0, 0.1) is 6.92 Å². The molecule has 140 valence electrons. The lowest BCUT2D eigenvalue weighted by Crippen LogP contribution is -2.43. The molecule has 0 radical (unpaired) electrons. The summed E-state index contributed by atoms with van der Waals surface area (Å²) in [5, 5.41) is 0. The minimum atomic E-state index is -0.555. The van der Waals surface area contributed by atoms with Gasteiger partial charge in [0.15, 0.2) is 11.2 Å². The molecule has 2 aliphatic heterocycles. The van der Waals surface area contributed by atoms with Crippen molar-refractivity contribution in [3.8, 4) is 5.75 Å². The van der Waals surface area contributed by atoms with Gasteiger partial charge in [-0.2, -0.15) is 0 Å². The first-order valence-electron chi connectivity index (χ1n) is 9.27. The van der Waals surface area contributed by atoms with E-state index in [0.717, 1.165) is 12.8 Å². The second-order valence-electron chi connectivity index (χ2n) is 7.44. The molecule has 6 heteroatoms. The third-order valence-corrected chi connectivity index (χ3v) is 5.39. The summed E-state index contributed by atoms with van der Waals surface area (Å²) in [6.45, 7) is 2.83. The molecule has 1 unspecified atom stereocenters. The zero-order chi connectivity index (χ0) is 19.0. The molecule has 1 saturated heterocycles. The number of ketones is 1. The monoisotopic (exact) mass is 366 g/mol. The summed E-state index contributed by atoms with van der Waals surface area (Å²) in [6.07, 6.45) is 2.40. The molecular weight excluding hydrogens is 344 g/mol. The number of aromatic nitrogens is 1. The lowest BCUT2D eigenvalue weighted by Gasteiger charge is -2.37. The Kier molecular flexibility index (Phi) is 4.34. The molecule has 1 aromatic carbocycles. The summed E-state index contributed by atoms with van der Waals surface area (Å²) in [6, 6.07) is 10.1. The molecule has 1 aromatic heterocycles. The number of benzene rings is 1. The zero-order valence-corrected chi connectivity index (χ0v) is 15.3. The average molecular weight is 366 g/mol. The van der Waals surface area contributed by atoms with Gasteiger partial charge in [-0.05, 0) is 31.9 Å². The van der Waals surface area contributed by atoms with Crippen molar-refractivity contribution in [2.45, 2.75) is 38.2 Å². The fraction of sp³-hybridized carbons (Fsp3) is 0.381. The first kappa shape index (κ1) is 17.5. The van der Waals surface area contributed by atoms with Crippen LogP contribution >= 0.6 is 0 Å². The Bertz CT molecular complexity index is 965. The maximum absolute atomic E-state index is 12.8. The Labute approximate surface area is 157 Å². The standard InChI is InChI=1S/C21H22N2O4/c1-14-11-15(24)12-17(22-14)20(26)23-9-4-7-21(8-10-23)13-18(25)16-5-2-3-6-19(16)27-21/h2-3,5-6,11-12H,4,7-10,13H2,1H3,(H,22,24). The molecule has 2 aromatic rings. The van der Waals surface area contributed by atoms with Gasteiger partial charge < -0.3 is 14.6 Å². The summed E-state index contributed by atoms with van der Waals surface area (Å²) >= 11 is 0. The number of aryl methyl sites for hydroxylation is 1. The summed E-state index contributed by atoms with van der Waals surface area (Å²) in [4.78, 5) is 41.9. The van der Waals surface area contributed by atoms with Gasteiger partial charge in [0.2, 0.25) is 0 Å². The van der Waals surface area contributed by atoms with Gasteiger partial charge in [-0.3, -0.25) is 14.4 Å². The van der Waals surface area contributed by atoms with E-state index in [1.807, 2.05) is 18.2 Å². The number of ether oxygens (including phenoxy) is 1. The van der Waals surface area contributed by atoms with Gasteiger partial charge in [0.05, 0.1) is 12.0 Å². The van der Waals surface area contributed by atoms with E-state index in [2.05, 4.69) is 4.98 Å². The first-order valence-corrected chi connectivity index (χ1v) is 9.27. The minimum absolute atomic E-state index is 0.0969. The number of H-pyrrole nitrogens is 1. The predicted molar refractivity (Wildman–Crippen MR) is 100 cm³/mol. The second-order valence-corrected chi connectivity index (χ2v) is 7.44. The van der Waals surface area contributed by atoms with E-state index in [-0.39, 0.29) is 17.1 Å². The number of carbonyl (C=O) groups excluding carboxylic acids is 2. The van der Waals surface area contributed by atoms with Crippen molar-refractivity contribution in [3.63, 3.8) is 0 Å². The first-order chi connectivity index (χ1) is 13.0. The van der Waals surface area contributed by atoms with Crippen LogP contribution in [0.2, 0.25) is 0 Å². The zero-order valence-electron chi connectivity index (χ0n) is 15.3. The topological polar surface area (TPSA) is 79.5 Å². The van der Waals surface area contributed by atoms with E-state index in [1.54, 1.807) is 17.9 Å². The molecule has 6 nitrogen and oxygen atoms in total. The summed E-state index contributed by atoms with van der Waals surface area (Å²) in [7, 11) is 0. The van der Waals surface area contributed by atoms with Gasteiger partial charge in [-0.15, -0.1) is 0 Å². The SMILES string of the molecule is Cc1cc(=O)cc(C(=O)N2CCCC3(CC2)CC(=O)c2ccccc2O3)[nH]1. The van der Waals surface area contributed by atoms with Crippen LogP contribution in [0.4, 0.5) is 0 Å². The quantitative estimate of drug-likeness (QED) is 0.842. The molecule has 0 aliphatic carbocycles. The van der Waals surface area contributed by atoms with Gasteiger partial charge in [0.1, 0.15) is 17.0 Å². The largest absolute Gasteiger partial charge is 0.486 e. The van der Waals surface area contributed by atoms with Gasteiger partial charge in [-0.25, -0.2) is 0 Å².